The van der Waals surface area contributed by atoms with Gasteiger partial charge in [0.25, 0.3) is 5.91 Å². The van der Waals surface area contributed by atoms with Crippen molar-refractivity contribution in [3.8, 4) is 11.5 Å². The normalized spacial score (nSPS) is 15.0. The Morgan fingerprint density at radius 2 is 1.76 bits per heavy atom. The molecule has 2 N–H and O–H groups in total. The SMILES string of the molecule is CCOc1ccc(CNC(=O)c2cccc3c2CN(Cc2ccccc2)CC(=O)NCCCCCO3)cc1. The Labute approximate surface area is 225 Å². The Bertz CT molecular complexity index is 1180. The number of nitrogens with one attached hydrogen (secondary N) is 2. The molecule has 0 aromatic heterocycles. The zero-order valence-electron chi connectivity index (χ0n) is 22.1. The highest BCUT2D eigenvalue weighted by Gasteiger charge is 2.21. The van der Waals surface area contributed by atoms with Crippen LogP contribution in [0.4, 0.5) is 0 Å². The van der Waals surface area contributed by atoms with Gasteiger partial charge in [0.05, 0.1) is 19.8 Å². The van der Waals surface area contributed by atoms with E-state index in [2.05, 4.69) is 15.5 Å². The molecule has 0 saturated carbocycles. The summed E-state index contributed by atoms with van der Waals surface area (Å²) in [6, 6.07) is 23.4. The molecule has 2 amide bonds. The van der Waals surface area contributed by atoms with E-state index >= 15 is 0 Å². The van der Waals surface area contributed by atoms with Gasteiger partial charge in [-0.3, -0.25) is 14.5 Å². The molecule has 4 rings (SSSR count). The van der Waals surface area contributed by atoms with Crippen LogP contribution >= 0.6 is 0 Å². The fraction of sp³-hybridized carbons (Fsp3) is 0.355. The Hall–Kier alpha value is -3.84. The maximum Gasteiger partial charge on any atom is 0.252 e. The van der Waals surface area contributed by atoms with Crippen molar-refractivity contribution in [2.75, 3.05) is 26.3 Å². The minimum absolute atomic E-state index is 0.0138. The monoisotopic (exact) mass is 515 g/mol. The van der Waals surface area contributed by atoms with Crippen molar-refractivity contribution in [1.29, 1.82) is 0 Å². The van der Waals surface area contributed by atoms with Gasteiger partial charge in [0.1, 0.15) is 11.5 Å². The highest BCUT2D eigenvalue weighted by atomic mass is 16.5. The van der Waals surface area contributed by atoms with Gasteiger partial charge in [0.2, 0.25) is 5.91 Å². The second kappa shape index (κ2) is 14.2. The molecule has 1 heterocycles. The zero-order valence-corrected chi connectivity index (χ0v) is 22.1. The van der Waals surface area contributed by atoms with E-state index < -0.39 is 0 Å². The Balaban J connectivity index is 1.57. The zero-order chi connectivity index (χ0) is 26.6. The van der Waals surface area contributed by atoms with Crippen molar-refractivity contribution < 1.29 is 19.1 Å². The number of amides is 2. The second-order valence-corrected chi connectivity index (χ2v) is 9.43. The molecule has 0 saturated heterocycles. The minimum atomic E-state index is -0.173. The molecule has 0 fully saturated rings. The molecule has 0 aliphatic carbocycles. The quantitative estimate of drug-likeness (QED) is 0.477. The van der Waals surface area contributed by atoms with Crippen LogP contribution in [0.1, 0.15) is 53.2 Å². The molecule has 7 nitrogen and oxygen atoms in total. The number of fused-ring (bicyclic) bond motifs is 1. The number of ether oxygens (including phenoxy) is 2. The molecular formula is C31H37N3O4. The first-order valence-corrected chi connectivity index (χ1v) is 13.4. The number of benzene rings is 3. The molecule has 38 heavy (non-hydrogen) atoms. The Morgan fingerprint density at radius 1 is 0.947 bits per heavy atom. The third-order valence-corrected chi connectivity index (χ3v) is 6.46. The first-order chi connectivity index (χ1) is 18.6. The first-order valence-electron chi connectivity index (χ1n) is 13.4. The molecule has 0 bridgehead atoms. The van der Waals surface area contributed by atoms with Gasteiger partial charge in [-0.2, -0.15) is 0 Å². The van der Waals surface area contributed by atoms with Gasteiger partial charge in [-0.25, -0.2) is 0 Å². The highest BCUT2D eigenvalue weighted by Crippen LogP contribution is 2.26. The number of carbonyl (C=O) groups excluding carboxylic acids is 2. The molecule has 1 aliphatic rings. The van der Waals surface area contributed by atoms with Crippen LogP contribution in [0, 0.1) is 0 Å². The largest absolute Gasteiger partial charge is 0.494 e. The van der Waals surface area contributed by atoms with Crippen LogP contribution in [0.25, 0.3) is 0 Å². The standard InChI is InChI=1S/C31H37N3O4/c1-2-37-26-16-14-24(15-17-26)20-33-31(36)27-12-9-13-29-28(27)22-34(21-25-10-5-3-6-11-25)23-30(35)32-18-7-4-8-19-38-29/h3,5-6,9-17H,2,4,7-8,18-23H2,1H3,(H,32,35)(H,33,36). The highest BCUT2D eigenvalue weighted by molar-refractivity contribution is 5.96. The molecule has 0 radical (unpaired) electrons. The van der Waals surface area contributed by atoms with Gasteiger partial charge in [-0.05, 0) is 61.6 Å². The molecule has 0 atom stereocenters. The van der Waals surface area contributed by atoms with E-state index in [1.54, 1.807) is 0 Å². The van der Waals surface area contributed by atoms with Crippen LogP contribution in [0.2, 0.25) is 0 Å². The maximum absolute atomic E-state index is 13.4. The Morgan fingerprint density at radius 3 is 2.55 bits per heavy atom. The fourth-order valence-electron chi connectivity index (χ4n) is 4.53. The van der Waals surface area contributed by atoms with E-state index in [0.717, 1.165) is 41.7 Å². The number of rotatable bonds is 7. The molecule has 0 unspecified atom stereocenters. The van der Waals surface area contributed by atoms with Crippen molar-refractivity contribution in [2.45, 2.75) is 45.8 Å². The van der Waals surface area contributed by atoms with Gasteiger partial charge in [0, 0.05) is 37.3 Å². The lowest BCUT2D eigenvalue weighted by molar-refractivity contribution is -0.122. The van der Waals surface area contributed by atoms with Crippen molar-refractivity contribution in [2.24, 2.45) is 0 Å². The van der Waals surface area contributed by atoms with Gasteiger partial charge in [-0.15, -0.1) is 0 Å². The topological polar surface area (TPSA) is 79.9 Å². The molecule has 0 spiro atoms. The van der Waals surface area contributed by atoms with Crippen molar-refractivity contribution in [3.05, 3.63) is 95.1 Å². The van der Waals surface area contributed by atoms with Gasteiger partial charge in [0.15, 0.2) is 0 Å². The fourth-order valence-corrected chi connectivity index (χ4v) is 4.53. The first kappa shape index (κ1) is 27.2. The summed E-state index contributed by atoms with van der Waals surface area (Å²) in [7, 11) is 0. The number of nitrogens with zero attached hydrogens (tertiary/aromatic N) is 1. The van der Waals surface area contributed by atoms with E-state index in [1.165, 1.54) is 0 Å². The molecule has 1 aliphatic heterocycles. The average Bonchev–Trinajstić information content (AvgIpc) is 2.94. The summed E-state index contributed by atoms with van der Waals surface area (Å²) in [4.78, 5) is 28.3. The van der Waals surface area contributed by atoms with Crippen molar-refractivity contribution in [1.82, 2.24) is 15.5 Å². The van der Waals surface area contributed by atoms with E-state index in [4.69, 9.17) is 9.47 Å². The van der Waals surface area contributed by atoms with E-state index in [-0.39, 0.29) is 18.4 Å². The van der Waals surface area contributed by atoms with Crippen LogP contribution in [0.3, 0.4) is 0 Å². The minimum Gasteiger partial charge on any atom is -0.494 e. The molecule has 200 valence electrons. The van der Waals surface area contributed by atoms with E-state index in [9.17, 15) is 9.59 Å². The number of carbonyl (C=O) groups is 2. The summed E-state index contributed by atoms with van der Waals surface area (Å²) in [5.74, 6) is 1.31. The van der Waals surface area contributed by atoms with E-state index in [1.807, 2.05) is 79.7 Å². The predicted octanol–water partition coefficient (Wildman–Crippen LogP) is 4.70. The Kier molecular flexibility index (Phi) is 10.2. The summed E-state index contributed by atoms with van der Waals surface area (Å²) in [6.45, 7) is 5.40. The van der Waals surface area contributed by atoms with Gasteiger partial charge >= 0.3 is 0 Å². The summed E-state index contributed by atoms with van der Waals surface area (Å²) >= 11 is 0. The van der Waals surface area contributed by atoms with Gasteiger partial charge < -0.3 is 20.1 Å². The van der Waals surface area contributed by atoms with E-state index in [0.29, 0.717) is 50.7 Å². The lowest BCUT2D eigenvalue weighted by Crippen LogP contribution is -2.37. The lowest BCUT2D eigenvalue weighted by atomic mass is 10.0. The van der Waals surface area contributed by atoms with Crippen LogP contribution in [-0.2, 0) is 24.4 Å². The smallest absolute Gasteiger partial charge is 0.252 e. The summed E-state index contributed by atoms with van der Waals surface area (Å²) < 4.78 is 11.7. The predicted molar refractivity (Wildman–Crippen MR) is 148 cm³/mol. The molecule has 3 aromatic carbocycles. The van der Waals surface area contributed by atoms with Gasteiger partial charge in [-0.1, -0.05) is 48.5 Å². The second-order valence-electron chi connectivity index (χ2n) is 9.43. The van der Waals surface area contributed by atoms with Crippen molar-refractivity contribution in [3.63, 3.8) is 0 Å². The lowest BCUT2D eigenvalue weighted by Gasteiger charge is -2.25. The number of hydrogen-bond acceptors (Lipinski definition) is 5. The third kappa shape index (κ3) is 8.08. The van der Waals surface area contributed by atoms with Crippen LogP contribution in [0.15, 0.2) is 72.8 Å². The molecule has 3 aromatic rings. The average molecular weight is 516 g/mol. The number of hydrogen-bond donors (Lipinski definition) is 2. The summed E-state index contributed by atoms with van der Waals surface area (Å²) in [5, 5.41) is 6.09. The van der Waals surface area contributed by atoms with Crippen LogP contribution in [0.5, 0.6) is 11.5 Å². The summed E-state index contributed by atoms with van der Waals surface area (Å²) in [5.41, 5.74) is 3.43. The molecular weight excluding hydrogens is 478 g/mol. The third-order valence-electron chi connectivity index (χ3n) is 6.46. The summed E-state index contributed by atoms with van der Waals surface area (Å²) in [6.07, 6.45) is 2.76. The van der Waals surface area contributed by atoms with Crippen molar-refractivity contribution >= 4 is 11.8 Å². The van der Waals surface area contributed by atoms with Crippen LogP contribution < -0.4 is 20.1 Å². The van der Waals surface area contributed by atoms with Crippen LogP contribution in [-0.4, -0.2) is 43.0 Å². The maximum atomic E-state index is 13.4. The molecule has 7 heteroatoms.